The van der Waals surface area contributed by atoms with Crippen molar-refractivity contribution < 1.29 is 0 Å². The molecule has 2 aromatic carbocycles. The summed E-state index contributed by atoms with van der Waals surface area (Å²) in [4.78, 5) is 0. The van der Waals surface area contributed by atoms with Gasteiger partial charge in [0.1, 0.15) is 0 Å². The number of benzene rings is 2. The van der Waals surface area contributed by atoms with E-state index in [-0.39, 0.29) is 5.41 Å². The van der Waals surface area contributed by atoms with Gasteiger partial charge in [-0.1, -0.05) is 88.2 Å². The fourth-order valence-corrected chi connectivity index (χ4v) is 4.61. The maximum Gasteiger partial charge on any atom is 0.0178 e. The molecule has 0 spiro atoms. The second-order valence-electron chi connectivity index (χ2n) is 8.87. The van der Waals surface area contributed by atoms with Gasteiger partial charge in [0.25, 0.3) is 0 Å². The molecule has 3 rings (SSSR count). The zero-order valence-corrected chi connectivity index (χ0v) is 17.4. The van der Waals surface area contributed by atoms with Crippen LogP contribution >= 0.6 is 15.9 Å². The predicted octanol–water partition coefficient (Wildman–Crippen LogP) is 7.37. The first-order chi connectivity index (χ1) is 11.1. The second kappa shape index (κ2) is 6.02. The highest BCUT2D eigenvalue weighted by Gasteiger charge is 2.35. The van der Waals surface area contributed by atoms with Gasteiger partial charge in [0.2, 0.25) is 0 Å². The maximum atomic E-state index is 3.64. The average Bonchev–Trinajstić information content (AvgIpc) is 2.71. The van der Waals surface area contributed by atoms with Gasteiger partial charge in [-0.15, -0.1) is 0 Å². The number of rotatable bonds is 3. The molecule has 0 radical (unpaired) electrons. The van der Waals surface area contributed by atoms with E-state index in [9.17, 15) is 0 Å². The Bertz CT molecular complexity index is 762. The first-order valence-corrected chi connectivity index (χ1v) is 9.87. The van der Waals surface area contributed by atoms with Crippen molar-refractivity contribution >= 4 is 15.9 Å². The number of hydrogen-bond acceptors (Lipinski definition) is 0. The Morgan fingerprint density at radius 1 is 0.958 bits per heavy atom. The molecule has 0 saturated carbocycles. The van der Waals surface area contributed by atoms with E-state index < -0.39 is 0 Å². The van der Waals surface area contributed by atoms with E-state index in [1.807, 2.05) is 0 Å². The molecule has 0 nitrogen and oxygen atoms in total. The van der Waals surface area contributed by atoms with Crippen molar-refractivity contribution in [2.24, 2.45) is 11.3 Å². The van der Waals surface area contributed by atoms with Crippen LogP contribution in [-0.4, -0.2) is 0 Å². The summed E-state index contributed by atoms with van der Waals surface area (Å²) in [5.74, 6) is 0.717. The summed E-state index contributed by atoms with van der Waals surface area (Å²) in [5, 5.41) is 0. The van der Waals surface area contributed by atoms with Crippen LogP contribution in [0, 0.1) is 11.3 Å². The molecule has 0 aromatic heterocycles. The van der Waals surface area contributed by atoms with Crippen molar-refractivity contribution in [3.8, 4) is 11.1 Å². The Hall–Kier alpha value is -1.08. The normalized spacial score (nSPS) is 16.6. The van der Waals surface area contributed by atoms with Crippen LogP contribution in [0.3, 0.4) is 0 Å². The van der Waals surface area contributed by atoms with Gasteiger partial charge < -0.3 is 0 Å². The largest absolute Gasteiger partial charge is 0.0651 e. The van der Waals surface area contributed by atoms with Crippen molar-refractivity contribution in [1.82, 2.24) is 0 Å². The lowest BCUT2D eigenvalue weighted by Crippen LogP contribution is -2.22. The average molecular weight is 385 g/mol. The van der Waals surface area contributed by atoms with Gasteiger partial charge in [-0.3, -0.25) is 0 Å². The summed E-state index contributed by atoms with van der Waals surface area (Å²) in [5.41, 5.74) is 7.65. The number of fused-ring (bicyclic) bond motifs is 3. The summed E-state index contributed by atoms with van der Waals surface area (Å²) in [6.45, 7) is 14.1. The Balaban J connectivity index is 2.04. The molecule has 1 aliphatic rings. The van der Waals surface area contributed by atoms with Crippen LogP contribution in [-0.2, 0) is 11.8 Å². The number of hydrogen-bond donors (Lipinski definition) is 0. The Labute approximate surface area is 155 Å². The summed E-state index contributed by atoms with van der Waals surface area (Å²) >= 11 is 3.64. The SMILES string of the molecule is CCC(Cc1ccc2c(c1)-c1ccc(Br)cc1C2(C)C)C(C)(C)C. The van der Waals surface area contributed by atoms with Crippen LogP contribution in [0.2, 0.25) is 0 Å². The van der Waals surface area contributed by atoms with Crippen molar-refractivity contribution in [3.63, 3.8) is 0 Å². The van der Waals surface area contributed by atoms with Gasteiger partial charge >= 0.3 is 0 Å². The molecule has 0 heterocycles. The highest BCUT2D eigenvalue weighted by Crippen LogP contribution is 2.49. The van der Waals surface area contributed by atoms with Crippen molar-refractivity contribution in [2.75, 3.05) is 0 Å². The Morgan fingerprint density at radius 2 is 1.67 bits per heavy atom. The summed E-state index contributed by atoms with van der Waals surface area (Å²) in [7, 11) is 0. The topological polar surface area (TPSA) is 0 Å². The minimum absolute atomic E-state index is 0.0845. The first-order valence-electron chi connectivity index (χ1n) is 9.08. The smallest absolute Gasteiger partial charge is 0.0178 e. The maximum absolute atomic E-state index is 3.64. The molecule has 0 fully saturated rings. The van der Waals surface area contributed by atoms with Crippen LogP contribution in [0.15, 0.2) is 40.9 Å². The summed E-state index contributed by atoms with van der Waals surface area (Å²) in [6.07, 6.45) is 2.40. The van der Waals surface area contributed by atoms with Gasteiger partial charge in [-0.2, -0.15) is 0 Å². The summed E-state index contributed by atoms with van der Waals surface area (Å²) < 4.78 is 1.17. The lowest BCUT2D eigenvalue weighted by atomic mass is 9.75. The van der Waals surface area contributed by atoms with Crippen molar-refractivity contribution in [1.29, 1.82) is 0 Å². The van der Waals surface area contributed by atoms with Crippen LogP contribution in [0.1, 0.15) is 64.7 Å². The third-order valence-corrected chi connectivity index (χ3v) is 6.40. The quantitative estimate of drug-likeness (QED) is 0.517. The minimum atomic E-state index is 0.0845. The molecule has 1 heteroatoms. The zero-order chi connectivity index (χ0) is 17.7. The molecule has 24 heavy (non-hydrogen) atoms. The van der Waals surface area contributed by atoms with E-state index in [4.69, 9.17) is 0 Å². The third-order valence-electron chi connectivity index (χ3n) is 5.90. The second-order valence-corrected chi connectivity index (χ2v) is 9.79. The molecule has 0 bridgehead atoms. The first kappa shape index (κ1) is 17.7. The van der Waals surface area contributed by atoms with E-state index in [1.165, 1.54) is 45.1 Å². The molecule has 0 aliphatic heterocycles. The Kier molecular flexibility index (Phi) is 4.45. The number of halogens is 1. The van der Waals surface area contributed by atoms with Gasteiger partial charge in [-0.25, -0.2) is 0 Å². The van der Waals surface area contributed by atoms with E-state index in [0.717, 1.165) is 0 Å². The summed E-state index contributed by atoms with van der Waals surface area (Å²) in [6, 6.07) is 13.9. The molecule has 0 saturated heterocycles. The highest BCUT2D eigenvalue weighted by atomic mass is 79.9. The highest BCUT2D eigenvalue weighted by molar-refractivity contribution is 9.10. The molecule has 1 unspecified atom stereocenters. The lowest BCUT2D eigenvalue weighted by molar-refractivity contribution is 0.231. The van der Waals surface area contributed by atoms with E-state index in [0.29, 0.717) is 11.3 Å². The molecular formula is C23H29Br. The van der Waals surface area contributed by atoms with Gasteiger partial charge in [-0.05, 0) is 57.7 Å². The van der Waals surface area contributed by atoms with Gasteiger partial charge in [0.15, 0.2) is 0 Å². The predicted molar refractivity (Wildman–Crippen MR) is 109 cm³/mol. The molecule has 2 aromatic rings. The molecular weight excluding hydrogens is 356 g/mol. The molecule has 1 atom stereocenters. The zero-order valence-electron chi connectivity index (χ0n) is 15.8. The minimum Gasteiger partial charge on any atom is -0.0651 e. The molecule has 128 valence electrons. The lowest BCUT2D eigenvalue weighted by Gasteiger charge is -2.30. The molecule has 0 amide bonds. The van der Waals surface area contributed by atoms with E-state index in [1.54, 1.807) is 0 Å². The standard InChI is InChI=1S/C23H29Br/c1-7-16(22(2,3)4)12-15-8-11-20-19(13-15)18-10-9-17(24)14-21(18)23(20,5)6/h8-11,13-14,16H,7,12H2,1-6H3. The van der Waals surface area contributed by atoms with Crippen LogP contribution in [0.25, 0.3) is 11.1 Å². The molecule has 0 N–H and O–H groups in total. The van der Waals surface area contributed by atoms with Crippen LogP contribution in [0.5, 0.6) is 0 Å². The fraction of sp³-hybridized carbons (Fsp3) is 0.478. The monoisotopic (exact) mass is 384 g/mol. The van der Waals surface area contributed by atoms with E-state index in [2.05, 4.69) is 93.9 Å². The third kappa shape index (κ3) is 2.96. The van der Waals surface area contributed by atoms with Gasteiger partial charge in [0.05, 0.1) is 0 Å². The fourth-order valence-electron chi connectivity index (χ4n) is 4.25. The molecule has 1 aliphatic carbocycles. The van der Waals surface area contributed by atoms with Crippen LogP contribution in [0.4, 0.5) is 0 Å². The Morgan fingerprint density at radius 3 is 2.29 bits per heavy atom. The van der Waals surface area contributed by atoms with Crippen molar-refractivity contribution in [3.05, 3.63) is 57.6 Å². The van der Waals surface area contributed by atoms with Gasteiger partial charge in [0, 0.05) is 9.89 Å². The van der Waals surface area contributed by atoms with Crippen molar-refractivity contribution in [2.45, 2.75) is 59.8 Å². The van der Waals surface area contributed by atoms with E-state index >= 15 is 0 Å². The van der Waals surface area contributed by atoms with Crippen LogP contribution < -0.4 is 0 Å².